The van der Waals surface area contributed by atoms with E-state index in [1.54, 1.807) is 21.3 Å². The third-order valence-electron chi connectivity index (χ3n) is 4.77. The number of benzene rings is 2. The minimum atomic E-state index is -0.130. The van der Waals surface area contributed by atoms with Gasteiger partial charge in [-0.15, -0.1) is 0 Å². The fraction of sp³-hybridized carbons (Fsp3) is 0.174. The van der Waals surface area contributed by atoms with E-state index in [1.807, 2.05) is 63.5 Å². The number of carbonyl (C=O) groups is 1. The summed E-state index contributed by atoms with van der Waals surface area (Å²) in [5, 5.41) is 1.08. The molecule has 5 nitrogen and oxygen atoms in total. The second kappa shape index (κ2) is 7.72. The number of hydrogen-bond donors (Lipinski definition) is 0. The predicted octanol–water partition coefficient (Wildman–Crippen LogP) is 4.32. The van der Waals surface area contributed by atoms with Gasteiger partial charge in [0.2, 0.25) is 0 Å². The fourth-order valence-electron chi connectivity index (χ4n) is 3.47. The molecule has 6 heteroatoms. The van der Waals surface area contributed by atoms with Gasteiger partial charge in [0.25, 0.3) is 5.56 Å². The Morgan fingerprint density at radius 2 is 1.76 bits per heavy atom. The number of nitrogens with zero attached hydrogens (tertiary/aromatic N) is 3. The van der Waals surface area contributed by atoms with Crippen LogP contribution < -0.4 is 5.56 Å². The fourth-order valence-corrected chi connectivity index (χ4v) is 4.36. The van der Waals surface area contributed by atoms with E-state index in [4.69, 9.17) is 4.98 Å². The van der Waals surface area contributed by atoms with Crippen molar-refractivity contribution in [2.75, 3.05) is 5.75 Å². The Balaban J connectivity index is 1.82. The van der Waals surface area contributed by atoms with Crippen LogP contribution in [0.3, 0.4) is 0 Å². The Kier molecular flexibility index (Phi) is 5.11. The maximum Gasteiger partial charge on any atom is 0.266 e. The van der Waals surface area contributed by atoms with Crippen molar-refractivity contribution in [2.24, 2.45) is 7.05 Å². The largest absolute Gasteiger partial charge is 0.348 e. The SMILES string of the molecule is Cc1cc(C)cc(-n2c(SCC(=O)c3cccn3C)nc3ccccc3c2=O)c1. The molecule has 4 aromatic rings. The highest BCUT2D eigenvalue weighted by atomic mass is 32.2. The smallest absolute Gasteiger partial charge is 0.266 e. The summed E-state index contributed by atoms with van der Waals surface area (Å²) >= 11 is 1.29. The van der Waals surface area contributed by atoms with E-state index in [-0.39, 0.29) is 17.1 Å². The molecular weight excluding hydrogens is 382 g/mol. The van der Waals surface area contributed by atoms with Crippen LogP contribution in [0.25, 0.3) is 16.6 Å². The molecule has 29 heavy (non-hydrogen) atoms. The number of hydrogen-bond acceptors (Lipinski definition) is 4. The lowest BCUT2D eigenvalue weighted by atomic mass is 10.1. The lowest BCUT2D eigenvalue weighted by molar-refractivity contribution is 0.101. The average molecular weight is 404 g/mol. The van der Waals surface area contributed by atoms with Crippen molar-refractivity contribution in [2.45, 2.75) is 19.0 Å². The first kappa shape index (κ1) is 19.2. The van der Waals surface area contributed by atoms with Crippen molar-refractivity contribution in [3.8, 4) is 5.69 Å². The van der Waals surface area contributed by atoms with Crippen LogP contribution in [0.1, 0.15) is 21.6 Å². The van der Waals surface area contributed by atoms with Gasteiger partial charge in [0.15, 0.2) is 10.9 Å². The van der Waals surface area contributed by atoms with Gasteiger partial charge in [-0.1, -0.05) is 30.0 Å². The average Bonchev–Trinajstić information content (AvgIpc) is 3.11. The van der Waals surface area contributed by atoms with Crippen molar-refractivity contribution in [3.05, 3.63) is 88.0 Å². The molecule has 0 atom stereocenters. The molecule has 2 aromatic carbocycles. The summed E-state index contributed by atoms with van der Waals surface area (Å²) in [7, 11) is 1.84. The van der Waals surface area contributed by atoms with E-state index >= 15 is 0 Å². The molecule has 0 spiro atoms. The standard InChI is InChI=1S/C23H21N3O2S/c1-15-11-16(2)13-17(12-15)26-22(28)18-7-4-5-8-19(18)24-23(26)29-14-21(27)20-9-6-10-25(20)3/h4-13H,14H2,1-3H3. The number of ketones is 1. The lowest BCUT2D eigenvalue weighted by Crippen LogP contribution is -2.22. The van der Waals surface area contributed by atoms with Crippen LogP contribution in [-0.2, 0) is 7.05 Å². The zero-order chi connectivity index (χ0) is 20.5. The molecule has 0 saturated carbocycles. The third-order valence-corrected chi connectivity index (χ3v) is 5.71. The quantitative estimate of drug-likeness (QED) is 0.283. The number of rotatable bonds is 5. The number of fused-ring (bicyclic) bond motifs is 1. The number of aryl methyl sites for hydroxylation is 3. The number of thioether (sulfide) groups is 1. The van der Waals surface area contributed by atoms with E-state index < -0.39 is 0 Å². The van der Waals surface area contributed by atoms with Gasteiger partial charge in [-0.3, -0.25) is 14.2 Å². The number of carbonyl (C=O) groups excluding carboxylic acids is 1. The molecule has 0 bridgehead atoms. The van der Waals surface area contributed by atoms with Crippen LogP contribution in [0, 0.1) is 13.8 Å². The van der Waals surface area contributed by atoms with Crippen molar-refractivity contribution in [1.82, 2.24) is 14.1 Å². The Labute approximate surface area is 173 Å². The highest BCUT2D eigenvalue weighted by molar-refractivity contribution is 7.99. The second-order valence-electron chi connectivity index (χ2n) is 7.11. The zero-order valence-electron chi connectivity index (χ0n) is 16.5. The summed E-state index contributed by atoms with van der Waals surface area (Å²) in [5.74, 6) is 0.199. The molecule has 0 aliphatic heterocycles. The van der Waals surface area contributed by atoms with Gasteiger partial charge in [-0.25, -0.2) is 4.98 Å². The third kappa shape index (κ3) is 3.76. The van der Waals surface area contributed by atoms with Gasteiger partial charge in [0.05, 0.1) is 28.0 Å². The number of aromatic nitrogens is 3. The Morgan fingerprint density at radius 1 is 1.03 bits per heavy atom. The van der Waals surface area contributed by atoms with Gasteiger partial charge in [-0.05, 0) is 61.4 Å². The van der Waals surface area contributed by atoms with Crippen molar-refractivity contribution >= 4 is 28.4 Å². The maximum atomic E-state index is 13.3. The van der Waals surface area contributed by atoms with Gasteiger partial charge in [0, 0.05) is 13.2 Å². The van der Waals surface area contributed by atoms with Crippen LogP contribution in [0.5, 0.6) is 0 Å². The minimum Gasteiger partial charge on any atom is -0.348 e. The summed E-state index contributed by atoms with van der Waals surface area (Å²) in [6, 6.07) is 16.9. The minimum absolute atomic E-state index is 0.00289. The molecular formula is C23H21N3O2S. The molecule has 0 amide bonds. The summed E-state index contributed by atoms with van der Waals surface area (Å²) < 4.78 is 3.42. The van der Waals surface area contributed by atoms with Gasteiger partial charge in [-0.2, -0.15) is 0 Å². The van der Waals surface area contributed by atoms with Gasteiger partial charge >= 0.3 is 0 Å². The highest BCUT2D eigenvalue weighted by Gasteiger charge is 2.16. The molecule has 0 aliphatic carbocycles. The molecule has 0 unspecified atom stereocenters. The van der Waals surface area contributed by atoms with E-state index in [1.165, 1.54) is 11.8 Å². The molecule has 0 N–H and O–H groups in total. The van der Waals surface area contributed by atoms with Crippen molar-refractivity contribution in [3.63, 3.8) is 0 Å². The Morgan fingerprint density at radius 3 is 2.45 bits per heavy atom. The van der Waals surface area contributed by atoms with Crippen LogP contribution in [-0.4, -0.2) is 25.7 Å². The highest BCUT2D eigenvalue weighted by Crippen LogP contribution is 2.23. The van der Waals surface area contributed by atoms with Crippen molar-refractivity contribution in [1.29, 1.82) is 0 Å². The van der Waals surface area contributed by atoms with Gasteiger partial charge in [0.1, 0.15) is 0 Å². The molecule has 0 fully saturated rings. The normalized spacial score (nSPS) is 11.1. The van der Waals surface area contributed by atoms with Crippen LogP contribution >= 0.6 is 11.8 Å². The van der Waals surface area contributed by atoms with E-state index in [9.17, 15) is 9.59 Å². The Hall–Kier alpha value is -3.12. The monoisotopic (exact) mass is 403 g/mol. The number of Topliss-reactive ketones (excluding diaryl/α,β-unsaturated/α-hetero) is 1. The van der Waals surface area contributed by atoms with Crippen LogP contribution in [0.4, 0.5) is 0 Å². The Bertz CT molecular complexity index is 1270. The summed E-state index contributed by atoms with van der Waals surface area (Å²) in [4.78, 5) is 30.7. The second-order valence-corrected chi connectivity index (χ2v) is 8.06. The maximum absolute atomic E-state index is 13.3. The molecule has 2 heterocycles. The number of para-hydroxylation sites is 1. The van der Waals surface area contributed by atoms with Crippen molar-refractivity contribution < 1.29 is 4.79 Å². The molecule has 2 aromatic heterocycles. The first-order valence-corrected chi connectivity index (χ1v) is 10.3. The first-order valence-electron chi connectivity index (χ1n) is 9.32. The molecule has 0 radical (unpaired) electrons. The van der Waals surface area contributed by atoms with E-state index in [0.29, 0.717) is 21.8 Å². The molecule has 0 aliphatic rings. The van der Waals surface area contributed by atoms with E-state index in [2.05, 4.69) is 6.07 Å². The summed E-state index contributed by atoms with van der Waals surface area (Å²) in [6.45, 7) is 4.00. The van der Waals surface area contributed by atoms with Crippen LogP contribution in [0.2, 0.25) is 0 Å². The summed E-state index contributed by atoms with van der Waals surface area (Å²) in [5.41, 5.74) is 4.03. The topological polar surface area (TPSA) is 56.9 Å². The van der Waals surface area contributed by atoms with E-state index in [0.717, 1.165) is 16.8 Å². The molecule has 4 rings (SSSR count). The van der Waals surface area contributed by atoms with Gasteiger partial charge < -0.3 is 4.57 Å². The predicted molar refractivity (Wildman–Crippen MR) is 117 cm³/mol. The molecule has 0 saturated heterocycles. The molecule has 146 valence electrons. The zero-order valence-corrected chi connectivity index (χ0v) is 17.4. The first-order chi connectivity index (χ1) is 13.9. The summed E-state index contributed by atoms with van der Waals surface area (Å²) in [6.07, 6.45) is 1.84. The lowest BCUT2D eigenvalue weighted by Gasteiger charge is -2.14. The van der Waals surface area contributed by atoms with Crippen LogP contribution in [0.15, 0.2) is 70.7 Å².